The van der Waals surface area contributed by atoms with E-state index in [-0.39, 0.29) is 11.6 Å². The number of hydrogen-bond donors (Lipinski definition) is 1. The van der Waals surface area contributed by atoms with Gasteiger partial charge in [0.2, 0.25) is 0 Å². The Hall–Kier alpha value is -3.88. The lowest BCUT2D eigenvalue weighted by Gasteiger charge is -2.18. The molecule has 1 N–H and O–H groups in total. The quantitative estimate of drug-likeness (QED) is 0.539. The van der Waals surface area contributed by atoms with Crippen LogP contribution in [0, 0.1) is 13.8 Å². The van der Waals surface area contributed by atoms with Crippen LogP contribution < -0.4 is 14.8 Å². The van der Waals surface area contributed by atoms with Crippen LogP contribution in [-0.2, 0) is 9.53 Å². The van der Waals surface area contributed by atoms with Gasteiger partial charge in [0, 0.05) is 17.5 Å². The summed E-state index contributed by atoms with van der Waals surface area (Å²) in [4.78, 5) is 28.9. The van der Waals surface area contributed by atoms with Crippen LogP contribution in [0.3, 0.4) is 0 Å². The summed E-state index contributed by atoms with van der Waals surface area (Å²) < 4.78 is 17.4. The topological polar surface area (TPSA) is 105 Å². The maximum Gasteiger partial charge on any atom is 0.340 e. The number of carbonyl (C=O) groups excluding carboxylic acids is 2. The lowest BCUT2D eigenvalue weighted by Crippen LogP contribution is -2.31. The van der Waals surface area contributed by atoms with Gasteiger partial charge in [-0.3, -0.25) is 4.79 Å². The monoisotopic (exact) mass is 438 g/mol. The number of methoxy groups -OCH3 is 2. The van der Waals surface area contributed by atoms with E-state index in [1.54, 1.807) is 56.2 Å². The fourth-order valence-corrected chi connectivity index (χ4v) is 3.25. The molecule has 3 rings (SSSR count). The highest BCUT2D eigenvalue weighted by atomic mass is 16.5. The Kier molecular flexibility index (Phi) is 7.09. The molecule has 0 saturated carbocycles. The number of benzene rings is 1. The van der Waals surface area contributed by atoms with Gasteiger partial charge in [-0.05, 0) is 57.2 Å². The highest BCUT2D eigenvalue weighted by molar-refractivity contribution is 5.91. The maximum absolute atomic E-state index is 12.3. The first kappa shape index (κ1) is 22.8. The Morgan fingerprint density at radius 2 is 1.88 bits per heavy atom. The molecule has 2 heterocycles. The standard InChI is InChI=1S/C23H26N4O5/c1-14-10-15(2)27(26-14)21-9-6-17(12-24-21)23(29)32-13-22(28)25-16(3)19-11-18(30-4)7-8-20(19)31-5/h6-12,16H,13H2,1-5H3,(H,25,28). The number of esters is 1. The maximum atomic E-state index is 12.3. The Labute approximate surface area is 186 Å². The first-order chi connectivity index (χ1) is 15.3. The highest BCUT2D eigenvalue weighted by Gasteiger charge is 2.17. The second-order valence-corrected chi connectivity index (χ2v) is 7.22. The molecule has 0 aliphatic carbocycles. The van der Waals surface area contributed by atoms with E-state index in [1.807, 2.05) is 19.9 Å². The van der Waals surface area contributed by atoms with Gasteiger partial charge in [0.15, 0.2) is 12.4 Å². The summed E-state index contributed by atoms with van der Waals surface area (Å²) >= 11 is 0. The molecule has 9 heteroatoms. The molecule has 9 nitrogen and oxygen atoms in total. The summed E-state index contributed by atoms with van der Waals surface area (Å²) in [5.74, 6) is 0.766. The second kappa shape index (κ2) is 9.95. The van der Waals surface area contributed by atoms with Crippen LogP contribution in [0.15, 0.2) is 42.6 Å². The number of nitrogens with one attached hydrogen (secondary N) is 1. The fraction of sp³-hybridized carbons (Fsp3) is 0.304. The fourth-order valence-electron chi connectivity index (χ4n) is 3.25. The normalized spacial score (nSPS) is 11.5. The number of hydrogen-bond acceptors (Lipinski definition) is 7. The minimum absolute atomic E-state index is 0.241. The minimum atomic E-state index is -0.640. The minimum Gasteiger partial charge on any atom is -0.497 e. The van der Waals surface area contributed by atoms with Crippen LogP contribution in [0.2, 0.25) is 0 Å². The van der Waals surface area contributed by atoms with Crippen LogP contribution in [0.4, 0.5) is 0 Å². The molecule has 2 aromatic heterocycles. The van der Waals surface area contributed by atoms with E-state index in [0.29, 0.717) is 17.3 Å². The summed E-state index contributed by atoms with van der Waals surface area (Å²) in [5.41, 5.74) is 2.80. The molecule has 0 aliphatic rings. The first-order valence-corrected chi connectivity index (χ1v) is 10.0. The Balaban J connectivity index is 1.58. The van der Waals surface area contributed by atoms with Crippen molar-refractivity contribution in [1.82, 2.24) is 20.1 Å². The van der Waals surface area contributed by atoms with Crippen molar-refractivity contribution < 1.29 is 23.8 Å². The highest BCUT2D eigenvalue weighted by Crippen LogP contribution is 2.29. The molecule has 168 valence electrons. The number of pyridine rings is 1. The number of ether oxygens (including phenoxy) is 3. The lowest BCUT2D eigenvalue weighted by molar-refractivity contribution is -0.124. The summed E-state index contributed by atoms with van der Waals surface area (Å²) in [5, 5.41) is 7.15. The van der Waals surface area contributed by atoms with Crippen LogP contribution in [0.5, 0.6) is 11.5 Å². The van der Waals surface area contributed by atoms with E-state index in [1.165, 1.54) is 6.20 Å². The Morgan fingerprint density at radius 3 is 2.47 bits per heavy atom. The molecule has 1 amide bonds. The molecular weight excluding hydrogens is 412 g/mol. The van der Waals surface area contributed by atoms with Crippen molar-refractivity contribution in [3.63, 3.8) is 0 Å². The Morgan fingerprint density at radius 1 is 1.09 bits per heavy atom. The molecule has 0 bridgehead atoms. The van der Waals surface area contributed by atoms with Crippen molar-refractivity contribution in [3.8, 4) is 17.3 Å². The number of rotatable bonds is 8. The first-order valence-electron chi connectivity index (χ1n) is 10.0. The molecule has 1 aromatic carbocycles. The van der Waals surface area contributed by atoms with Crippen molar-refractivity contribution in [2.75, 3.05) is 20.8 Å². The van der Waals surface area contributed by atoms with Crippen LogP contribution in [0.1, 0.15) is 40.3 Å². The van der Waals surface area contributed by atoms with Gasteiger partial charge < -0.3 is 19.5 Å². The summed E-state index contributed by atoms with van der Waals surface area (Å²) in [6.45, 7) is 5.20. The molecule has 0 radical (unpaired) electrons. The van der Waals surface area contributed by atoms with Crippen molar-refractivity contribution in [3.05, 3.63) is 65.1 Å². The SMILES string of the molecule is COc1ccc(OC)c(C(C)NC(=O)COC(=O)c2ccc(-n3nc(C)cc3C)nc2)c1. The zero-order chi connectivity index (χ0) is 23.3. The average molecular weight is 438 g/mol. The summed E-state index contributed by atoms with van der Waals surface area (Å²) in [6.07, 6.45) is 1.40. The molecule has 1 unspecified atom stereocenters. The molecule has 32 heavy (non-hydrogen) atoms. The predicted octanol–water partition coefficient (Wildman–Crippen LogP) is 2.94. The molecule has 0 aliphatic heterocycles. The third-order valence-electron chi connectivity index (χ3n) is 4.83. The van der Waals surface area contributed by atoms with Gasteiger partial charge in [0.05, 0.1) is 31.5 Å². The predicted molar refractivity (Wildman–Crippen MR) is 117 cm³/mol. The molecular formula is C23H26N4O5. The van der Waals surface area contributed by atoms with E-state index in [9.17, 15) is 9.59 Å². The molecule has 0 fully saturated rings. The number of nitrogens with zero attached hydrogens (tertiary/aromatic N) is 3. The van der Waals surface area contributed by atoms with E-state index in [2.05, 4.69) is 15.4 Å². The summed E-state index contributed by atoms with van der Waals surface area (Å²) in [7, 11) is 3.11. The van der Waals surface area contributed by atoms with Crippen molar-refractivity contribution in [2.24, 2.45) is 0 Å². The van der Waals surface area contributed by atoms with E-state index in [4.69, 9.17) is 14.2 Å². The van der Waals surface area contributed by atoms with Crippen LogP contribution >= 0.6 is 0 Å². The number of carbonyl (C=O) groups is 2. The van der Waals surface area contributed by atoms with Gasteiger partial charge in [-0.15, -0.1) is 0 Å². The Bertz CT molecular complexity index is 1110. The van der Waals surface area contributed by atoms with Gasteiger partial charge in [-0.2, -0.15) is 5.10 Å². The van der Waals surface area contributed by atoms with Crippen molar-refractivity contribution >= 4 is 11.9 Å². The molecule has 0 spiro atoms. The van der Waals surface area contributed by atoms with Gasteiger partial charge in [0.25, 0.3) is 5.91 Å². The molecule has 3 aromatic rings. The zero-order valence-corrected chi connectivity index (χ0v) is 18.7. The smallest absolute Gasteiger partial charge is 0.340 e. The zero-order valence-electron chi connectivity index (χ0n) is 18.7. The van der Waals surface area contributed by atoms with Crippen molar-refractivity contribution in [2.45, 2.75) is 26.8 Å². The van der Waals surface area contributed by atoms with Crippen LogP contribution in [0.25, 0.3) is 5.82 Å². The molecule has 1 atom stereocenters. The average Bonchev–Trinajstić information content (AvgIpc) is 3.14. The lowest BCUT2D eigenvalue weighted by atomic mass is 10.1. The van der Waals surface area contributed by atoms with E-state index in [0.717, 1.165) is 17.0 Å². The van der Waals surface area contributed by atoms with Crippen LogP contribution in [-0.4, -0.2) is 47.5 Å². The van der Waals surface area contributed by atoms with E-state index >= 15 is 0 Å². The molecule has 0 saturated heterocycles. The largest absolute Gasteiger partial charge is 0.497 e. The van der Waals surface area contributed by atoms with Gasteiger partial charge in [-0.1, -0.05) is 0 Å². The van der Waals surface area contributed by atoms with E-state index < -0.39 is 18.5 Å². The second-order valence-electron chi connectivity index (χ2n) is 7.22. The summed E-state index contributed by atoms with van der Waals surface area (Å²) in [6, 6.07) is 10.1. The number of amides is 1. The van der Waals surface area contributed by atoms with Gasteiger partial charge in [0.1, 0.15) is 11.5 Å². The van der Waals surface area contributed by atoms with Gasteiger partial charge >= 0.3 is 5.97 Å². The van der Waals surface area contributed by atoms with Gasteiger partial charge in [-0.25, -0.2) is 14.5 Å². The third kappa shape index (κ3) is 5.23. The third-order valence-corrected chi connectivity index (χ3v) is 4.83. The number of aryl methyl sites for hydroxylation is 2. The number of aromatic nitrogens is 3. The van der Waals surface area contributed by atoms with Crippen molar-refractivity contribution in [1.29, 1.82) is 0 Å².